The van der Waals surface area contributed by atoms with Crippen LogP contribution in [0.2, 0.25) is 0 Å². The van der Waals surface area contributed by atoms with Crippen LogP contribution in [0.3, 0.4) is 0 Å². The van der Waals surface area contributed by atoms with Gasteiger partial charge in [0.2, 0.25) is 0 Å². The molecule has 0 fully saturated rings. The molecule has 2 heterocycles. The van der Waals surface area contributed by atoms with Gasteiger partial charge in [0, 0.05) is 31.2 Å². The Kier molecular flexibility index (Phi) is 5.27. The highest BCUT2D eigenvalue weighted by Gasteiger charge is 2.38. The van der Waals surface area contributed by atoms with Crippen molar-refractivity contribution in [1.82, 2.24) is 0 Å². The maximum Gasteiger partial charge on any atom is 0.263 e. The standard InChI is InChI=1S/C31H21N3S2/c1-31(2)26-17-23(13-14-25(26)30-27(31)18-24(35-30)16-21(19-32)33-3)34(22-10-5-4-6-11-22)29-15-20-9-7-8-12-28(20)36-29/h4-18H,1-2H3/b21-16-. The van der Waals surface area contributed by atoms with E-state index in [2.05, 4.69) is 102 Å². The van der Waals surface area contributed by atoms with Gasteiger partial charge in [0.1, 0.15) is 5.00 Å². The highest BCUT2D eigenvalue weighted by molar-refractivity contribution is 7.23. The normalized spacial score (nSPS) is 13.6. The third kappa shape index (κ3) is 3.53. The minimum Gasteiger partial charge on any atom is -0.302 e. The van der Waals surface area contributed by atoms with Crippen molar-refractivity contribution < 1.29 is 0 Å². The van der Waals surface area contributed by atoms with Gasteiger partial charge < -0.3 is 4.90 Å². The molecule has 0 atom stereocenters. The predicted octanol–water partition coefficient (Wildman–Crippen LogP) is 9.52. The maximum absolute atomic E-state index is 9.18. The topological polar surface area (TPSA) is 31.4 Å². The Morgan fingerprint density at radius 2 is 1.69 bits per heavy atom. The summed E-state index contributed by atoms with van der Waals surface area (Å²) in [5.41, 5.74) is 5.97. The molecular formula is C31H21N3S2. The fourth-order valence-electron chi connectivity index (χ4n) is 4.96. The van der Waals surface area contributed by atoms with Crippen LogP contribution < -0.4 is 4.90 Å². The van der Waals surface area contributed by atoms with Crippen LogP contribution in [-0.2, 0) is 5.41 Å². The predicted molar refractivity (Wildman–Crippen MR) is 152 cm³/mol. The Bertz CT molecular complexity index is 1690. The number of fused-ring (bicyclic) bond motifs is 4. The number of nitrogens with zero attached hydrogens (tertiary/aromatic N) is 3. The van der Waals surface area contributed by atoms with E-state index in [0.717, 1.165) is 16.3 Å². The van der Waals surface area contributed by atoms with Gasteiger partial charge in [-0.2, -0.15) is 0 Å². The van der Waals surface area contributed by atoms with Gasteiger partial charge in [-0.15, -0.1) is 22.7 Å². The maximum atomic E-state index is 9.18. The minimum absolute atomic E-state index is 0.116. The molecule has 36 heavy (non-hydrogen) atoms. The first-order valence-corrected chi connectivity index (χ1v) is 13.2. The second-order valence-electron chi connectivity index (χ2n) is 9.29. The van der Waals surface area contributed by atoms with Crippen LogP contribution >= 0.6 is 22.7 Å². The second kappa shape index (κ2) is 8.50. The van der Waals surface area contributed by atoms with Gasteiger partial charge in [0.25, 0.3) is 5.70 Å². The lowest BCUT2D eigenvalue weighted by Gasteiger charge is -2.27. The zero-order chi connectivity index (χ0) is 24.9. The summed E-state index contributed by atoms with van der Waals surface area (Å²) in [5, 5.41) is 11.6. The van der Waals surface area contributed by atoms with Crippen molar-refractivity contribution in [3.63, 3.8) is 0 Å². The van der Waals surface area contributed by atoms with E-state index in [1.807, 2.05) is 12.1 Å². The van der Waals surface area contributed by atoms with Crippen LogP contribution in [0.4, 0.5) is 16.4 Å². The van der Waals surface area contributed by atoms with Gasteiger partial charge in [-0.05, 0) is 70.6 Å². The first-order chi connectivity index (χ1) is 17.5. The molecule has 6 rings (SSSR count). The lowest BCUT2D eigenvalue weighted by Crippen LogP contribution is -2.16. The number of thiophene rings is 2. The Hall–Kier alpha value is -4.16. The molecule has 0 spiro atoms. The summed E-state index contributed by atoms with van der Waals surface area (Å²) in [6.45, 7) is 11.7. The molecule has 0 amide bonds. The summed E-state index contributed by atoms with van der Waals surface area (Å²) < 4.78 is 1.27. The summed E-state index contributed by atoms with van der Waals surface area (Å²) in [6.07, 6.45) is 1.69. The molecule has 0 saturated heterocycles. The third-order valence-corrected chi connectivity index (χ3v) is 8.98. The summed E-state index contributed by atoms with van der Waals surface area (Å²) in [7, 11) is 0. The smallest absolute Gasteiger partial charge is 0.263 e. The molecule has 172 valence electrons. The van der Waals surface area contributed by atoms with Gasteiger partial charge in [-0.1, -0.05) is 56.3 Å². The zero-order valence-corrected chi connectivity index (χ0v) is 21.5. The van der Waals surface area contributed by atoms with E-state index in [-0.39, 0.29) is 11.1 Å². The van der Waals surface area contributed by atoms with E-state index < -0.39 is 0 Å². The molecule has 2 aromatic heterocycles. The van der Waals surface area contributed by atoms with Crippen LogP contribution in [0.25, 0.3) is 31.4 Å². The SMILES string of the molecule is [C-]#[N+]/C(C#N)=C\c1cc2c(s1)-c1ccc(N(c3ccccc3)c3cc4ccccc4s3)cc1C2(C)C. The molecular weight excluding hydrogens is 478 g/mol. The summed E-state index contributed by atoms with van der Waals surface area (Å²) in [4.78, 5) is 7.84. The average Bonchev–Trinajstić information content (AvgIpc) is 3.57. The zero-order valence-electron chi connectivity index (χ0n) is 19.8. The van der Waals surface area contributed by atoms with Crippen LogP contribution in [0.15, 0.2) is 90.6 Å². The number of hydrogen-bond acceptors (Lipinski definition) is 4. The lowest BCUT2D eigenvalue weighted by molar-refractivity contribution is 0.662. The monoisotopic (exact) mass is 499 g/mol. The van der Waals surface area contributed by atoms with Crippen LogP contribution in [0.5, 0.6) is 0 Å². The van der Waals surface area contributed by atoms with E-state index in [1.54, 1.807) is 28.7 Å². The number of nitriles is 1. The van der Waals surface area contributed by atoms with Crippen molar-refractivity contribution in [3.05, 3.63) is 118 Å². The van der Waals surface area contributed by atoms with Crippen molar-refractivity contribution in [2.24, 2.45) is 0 Å². The van der Waals surface area contributed by atoms with Gasteiger partial charge in [-0.3, -0.25) is 0 Å². The van der Waals surface area contributed by atoms with Crippen molar-refractivity contribution >= 4 is 55.2 Å². The first-order valence-electron chi connectivity index (χ1n) is 11.6. The molecule has 5 aromatic rings. The largest absolute Gasteiger partial charge is 0.302 e. The first kappa shape index (κ1) is 22.3. The number of hydrogen-bond donors (Lipinski definition) is 0. The minimum atomic E-state index is -0.184. The second-order valence-corrected chi connectivity index (χ2v) is 11.4. The summed E-state index contributed by atoms with van der Waals surface area (Å²) in [6, 6.07) is 32.2. The molecule has 0 radical (unpaired) electrons. The molecule has 3 nitrogen and oxygen atoms in total. The van der Waals surface area contributed by atoms with Crippen molar-refractivity contribution in [1.29, 1.82) is 5.26 Å². The molecule has 0 bridgehead atoms. The highest BCUT2D eigenvalue weighted by atomic mass is 32.1. The Morgan fingerprint density at radius 3 is 2.44 bits per heavy atom. The summed E-state index contributed by atoms with van der Waals surface area (Å²) in [5.74, 6) is 0. The van der Waals surface area contributed by atoms with Crippen LogP contribution in [0.1, 0.15) is 29.9 Å². The Morgan fingerprint density at radius 1 is 0.917 bits per heavy atom. The van der Waals surface area contributed by atoms with Gasteiger partial charge in [0.05, 0.1) is 12.6 Å². The van der Waals surface area contributed by atoms with Gasteiger partial charge in [-0.25, -0.2) is 10.1 Å². The molecule has 0 N–H and O–H groups in total. The molecule has 1 aliphatic rings. The van der Waals surface area contributed by atoms with E-state index in [1.165, 1.54) is 36.7 Å². The van der Waals surface area contributed by atoms with Crippen molar-refractivity contribution in [3.8, 4) is 16.5 Å². The molecule has 5 heteroatoms. The fraction of sp³-hybridized carbons (Fsp3) is 0.0968. The molecule has 0 saturated carbocycles. The number of anilines is 3. The van der Waals surface area contributed by atoms with E-state index in [0.29, 0.717) is 0 Å². The number of allylic oxidation sites excluding steroid dienone is 1. The van der Waals surface area contributed by atoms with E-state index in [4.69, 9.17) is 6.57 Å². The summed E-state index contributed by atoms with van der Waals surface area (Å²) >= 11 is 3.45. The quantitative estimate of drug-likeness (QED) is 0.182. The third-order valence-electron chi connectivity index (χ3n) is 6.77. The van der Waals surface area contributed by atoms with Gasteiger partial charge >= 0.3 is 0 Å². The van der Waals surface area contributed by atoms with E-state index >= 15 is 0 Å². The Balaban J connectivity index is 1.49. The molecule has 3 aromatic carbocycles. The molecule has 0 aliphatic heterocycles. The number of rotatable bonds is 4. The number of para-hydroxylation sites is 1. The van der Waals surface area contributed by atoms with Crippen molar-refractivity contribution in [2.45, 2.75) is 19.3 Å². The molecule has 1 aliphatic carbocycles. The van der Waals surface area contributed by atoms with Crippen LogP contribution in [-0.4, -0.2) is 0 Å². The van der Waals surface area contributed by atoms with E-state index in [9.17, 15) is 5.26 Å². The molecule has 0 unspecified atom stereocenters. The van der Waals surface area contributed by atoms with Crippen molar-refractivity contribution in [2.75, 3.05) is 4.90 Å². The number of benzene rings is 3. The highest BCUT2D eigenvalue weighted by Crippen LogP contribution is 2.54. The fourth-order valence-corrected chi connectivity index (χ4v) is 7.36. The lowest BCUT2D eigenvalue weighted by atomic mass is 9.82. The average molecular weight is 500 g/mol. The van der Waals surface area contributed by atoms with Gasteiger partial charge in [0.15, 0.2) is 0 Å². The van der Waals surface area contributed by atoms with Crippen LogP contribution in [0, 0.1) is 17.9 Å². The Labute approximate surface area is 218 Å².